The lowest BCUT2D eigenvalue weighted by atomic mass is 10.0. The standard InChI is InChI=1S/C20H24N2O5/c23-8-3-14-11-15(20(25)22-4-1-2-5-22)12-16-17(24)13-18(27-19(14)16)21-6-9-26-10-7-21/h11-13,23H,1-10H2. The second-order valence-corrected chi connectivity index (χ2v) is 7.03. The van der Waals surface area contributed by atoms with Crippen molar-refractivity contribution in [2.75, 3.05) is 50.9 Å². The summed E-state index contributed by atoms with van der Waals surface area (Å²) in [5.41, 5.74) is 1.45. The van der Waals surface area contributed by atoms with Gasteiger partial charge in [0.05, 0.1) is 18.6 Å². The predicted molar refractivity (Wildman–Crippen MR) is 101 cm³/mol. The first-order chi connectivity index (χ1) is 13.2. The minimum Gasteiger partial charge on any atom is -0.440 e. The molecule has 3 heterocycles. The van der Waals surface area contributed by atoms with Crippen LogP contribution in [0.15, 0.2) is 27.4 Å². The summed E-state index contributed by atoms with van der Waals surface area (Å²) in [5, 5.41) is 9.85. The fourth-order valence-corrected chi connectivity index (χ4v) is 3.79. The fraction of sp³-hybridized carbons (Fsp3) is 0.500. The van der Waals surface area contributed by atoms with Crippen LogP contribution in [0.3, 0.4) is 0 Å². The van der Waals surface area contributed by atoms with E-state index in [1.807, 2.05) is 9.80 Å². The second-order valence-electron chi connectivity index (χ2n) is 7.03. The molecular formula is C20H24N2O5. The molecule has 2 fully saturated rings. The van der Waals surface area contributed by atoms with Crippen molar-refractivity contribution >= 4 is 22.8 Å². The van der Waals surface area contributed by atoms with Crippen LogP contribution in [0.5, 0.6) is 0 Å². The first-order valence-electron chi connectivity index (χ1n) is 9.51. The summed E-state index contributed by atoms with van der Waals surface area (Å²) >= 11 is 0. The van der Waals surface area contributed by atoms with Crippen molar-refractivity contribution in [1.29, 1.82) is 0 Å². The van der Waals surface area contributed by atoms with Crippen LogP contribution in [0.25, 0.3) is 11.0 Å². The van der Waals surface area contributed by atoms with E-state index in [4.69, 9.17) is 9.15 Å². The zero-order valence-corrected chi connectivity index (χ0v) is 15.3. The van der Waals surface area contributed by atoms with Gasteiger partial charge >= 0.3 is 0 Å². The fourth-order valence-electron chi connectivity index (χ4n) is 3.79. The molecule has 2 saturated heterocycles. The predicted octanol–water partition coefficient (Wildman–Crippen LogP) is 1.40. The number of hydrogen-bond acceptors (Lipinski definition) is 6. The molecule has 7 nitrogen and oxygen atoms in total. The molecule has 7 heteroatoms. The average Bonchev–Trinajstić information content (AvgIpc) is 3.23. The van der Waals surface area contributed by atoms with Crippen LogP contribution in [0.2, 0.25) is 0 Å². The van der Waals surface area contributed by atoms with Crippen LogP contribution in [0, 0.1) is 0 Å². The first-order valence-corrected chi connectivity index (χ1v) is 9.51. The number of rotatable bonds is 4. The van der Waals surface area contributed by atoms with Crippen molar-refractivity contribution in [3.05, 3.63) is 39.5 Å². The van der Waals surface area contributed by atoms with Gasteiger partial charge in [-0.1, -0.05) is 0 Å². The van der Waals surface area contributed by atoms with E-state index in [0.29, 0.717) is 60.7 Å². The number of benzene rings is 1. The summed E-state index contributed by atoms with van der Waals surface area (Å²) in [4.78, 5) is 29.4. The Morgan fingerprint density at radius 3 is 2.52 bits per heavy atom. The summed E-state index contributed by atoms with van der Waals surface area (Å²) in [6, 6.07) is 4.87. The molecule has 0 radical (unpaired) electrons. The highest BCUT2D eigenvalue weighted by molar-refractivity contribution is 5.98. The number of aliphatic hydroxyl groups excluding tert-OH is 1. The normalized spacial score (nSPS) is 17.7. The lowest BCUT2D eigenvalue weighted by molar-refractivity contribution is 0.0793. The second kappa shape index (κ2) is 7.70. The van der Waals surface area contributed by atoms with Crippen molar-refractivity contribution in [1.82, 2.24) is 4.90 Å². The third kappa shape index (κ3) is 3.57. The van der Waals surface area contributed by atoms with E-state index < -0.39 is 0 Å². The lowest BCUT2D eigenvalue weighted by Gasteiger charge is -2.27. The van der Waals surface area contributed by atoms with Crippen LogP contribution >= 0.6 is 0 Å². The largest absolute Gasteiger partial charge is 0.440 e. The van der Waals surface area contributed by atoms with Crippen LogP contribution in [0.1, 0.15) is 28.8 Å². The zero-order chi connectivity index (χ0) is 18.8. The third-order valence-electron chi connectivity index (χ3n) is 5.24. The van der Waals surface area contributed by atoms with Gasteiger partial charge in [0, 0.05) is 44.4 Å². The molecule has 0 bridgehead atoms. The number of likely N-dealkylation sites (tertiary alicyclic amines) is 1. The van der Waals surface area contributed by atoms with Crippen LogP contribution in [-0.4, -0.2) is 61.9 Å². The molecule has 144 valence electrons. The molecule has 2 aromatic rings. The molecule has 1 amide bonds. The topological polar surface area (TPSA) is 83.2 Å². The summed E-state index contributed by atoms with van der Waals surface area (Å²) < 4.78 is 11.4. The van der Waals surface area contributed by atoms with Crippen molar-refractivity contribution in [2.24, 2.45) is 0 Å². The van der Waals surface area contributed by atoms with Gasteiger partial charge in [-0.05, 0) is 37.0 Å². The van der Waals surface area contributed by atoms with E-state index in [0.717, 1.165) is 25.9 Å². The highest BCUT2D eigenvalue weighted by Crippen LogP contribution is 2.26. The number of anilines is 1. The Kier molecular flexibility index (Phi) is 5.13. The van der Waals surface area contributed by atoms with Gasteiger partial charge in [-0.3, -0.25) is 9.59 Å². The maximum atomic E-state index is 12.8. The molecule has 0 saturated carbocycles. The lowest BCUT2D eigenvalue weighted by Crippen LogP contribution is -2.36. The van der Waals surface area contributed by atoms with E-state index >= 15 is 0 Å². The number of morpholine rings is 1. The molecule has 0 atom stereocenters. The number of nitrogens with zero attached hydrogens (tertiary/aromatic N) is 2. The Morgan fingerprint density at radius 1 is 1.07 bits per heavy atom. The Morgan fingerprint density at radius 2 is 1.81 bits per heavy atom. The van der Waals surface area contributed by atoms with Gasteiger partial charge in [-0.25, -0.2) is 0 Å². The molecular weight excluding hydrogens is 348 g/mol. The summed E-state index contributed by atoms with van der Waals surface area (Å²) in [5.74, 6) is 0.443. The minimum absolute atomic E-state index is 0.0646. The van der Waals surface area contributed by atoms with Gasteiger partial charge in [0.1, 0.15) is 5.58 Å². The van der Waals surface area contributed by atoms with Gasteiger partial charge in [0.15, 0.2) is 11.3 Å². The monoisotopic (exact) mass is 372 g/mol. The molecule has 1 N–H and O–H groups in total. The summed E-state index contributed by atoms with van der Waals surface area (Å²) in [6.07, 6.45) is 2.34. The molecule has 2 aliphatic rings. The van der Waals surface area contributed by atoms with E-state index in [-0.39, 0.29) is 17.9 Å². The summed E-state index contributed by atoms with van der Waals surface area (Å²) in [6.45, 7) is 3.92. The molecule has 27 heavy (non-hydrogen) atoms. The van der Waals surface area contributed by atoms with Crippen molar-refractivity contribution < 1.29 is 19.1 Å². The highest BCUT2D eigenvalue weighted by Gasteiger charge is 2.23. The van der Waals surface area contributed by atoms with Gasteiger partial charge < -0.3 is 24.1 Å². The number of hydrogen-bond donors (Lipinski definition) is 1. The molecule has 1 aromatic carbocycles. The number of aliphatic hydroxyl groups is 1. The molecule has 1 aromatic heterocycles. The van der Waals surface area contributed by atoms with Crippen LogP contribution in [-0.2, 0) is 11.2 Å². The average molecular weight is 372 g/mol. The third-order valence-corrected chi connectivity index (χ3v) is 5.24. The number of ether oxygens (including phenoxy) is 1. The molecule has 0 aliphatic carbocycles. The van der Waals surface area contributed by atoms with Crippen molar-refractivity contribution in [3.63, 3.8) is 0 Å². The van der Waals surface area contributed by atoms with Gasteiger partial charge in [-0.2, -0.15) is 0 Å². The Hall–Kier alpha value is -2.38. The van der Waals surface area contributed by atoms with Gasteiger partial charge in [-0.15, -0.1) is 0 Å². The SMILES string of the molecule is O=C(c1cc(CCO)c2oc(N3CCOCC3)cc(=O)c2c1)N1CCCC1. The van der Waals surface area contributed by atoms with Gasteiger partial charge in [0.2, 0.25) is 0 Å². The number of fused-ring (bicyclic) bond motifs is 1. The highest BCUT2D eigenvalue weighted by atomic mass is 16.5. The quantitative estimate of drug-likeness (QED) is 0.874. The van der Waals surface area contributed by atoms with E-state index in [2.05, 4.69) is 0 Å². The maximum absolute atomic E-state index is 12.8. The van der Waals surface area contributed by atoms with Crippen LogP contribution < -0.4 is 10.3 Å². The number of carbonyl (C=O) groups excluding carboxylic acids is 1. The van der Waals surface area contributed by atoms with E-state index in [9.17, 15) is 14.7 Å². The van der Waals surface area contributed by atoms with E-state index in [1.54, 1.807) is 12.1 Å². The Bertz CT molecular complexity index is 895. The number of carbonyl (C=O) groups is 1. The van der Waals surface area contributed by atoms with E-state index in [1.165, 1.54) is 6.07 Å². The first kappa shape index (κ1) is 18.0. The molecule has 0 spiro atoms. The Balaban J connectivity index is 1.79. The Labute approximate surface area is 157 Å². The van der Waals surface area contributed by atoms with Gasteiger partial charge in [0.25, 0.3) is 5.91 Å². The minimum atomic E-state index is -0.173. The molecule has 0 unspecified atom stereocenters. The molecule has 2 aliphatic heterocycles. The smallest absolute Gasteiger partial charge is 0.253 e. The zero-order valence-electron chi connectivity index (χ0n) is 15.3. The van der Waals surface area contributed by atoms with Crippen molar-refractivity contribution in [3.8, 4) is 0 Å². The summed E-state index contributed by atoms with van der Waals surface area (Å²) in [7, 11) is 0. The number of amides is 1. The van der Waals surface area contributed by atoms with Crippen molar-refractivity contribution in [2.45, 2.75) is 19.3 Å². The molecule has 4 rings (SSSR count). The van der Waals surface area contributed by atoms with Crippen LogP contribution in [0.4, 0.5) is 5.88 Å². The maximum Gasteiger partial charge on any atom is 0.253 e.